The predicted molar refractivity (Wildman–Crippen MR) is 89.1 cm³/mol. The van der Waals surface area contributed by atoms with Crippen LogP contribution < -0.4 is 15.4 Å². The molecular weight excluding hydrogens is 300 g/mol. The number of rotatable bonds is 4. The normalized spacial score (nSPS) is 9.86. The van der Waals surface area contributed by atoms with Gasteiger partial charge in [-0.2, -0.15) is 0 Å². The summed E-state index contributed by atoms with van der Waals surface area (Å²) in [5, 5.41) is 14.9. The molecule has 0 aliphatic heterocycles. The summed E-state index contributed by atoms with van der Waals surface area (Å²) in [6.45, 7) is 1.80. The maximum atomic E-state index is 11.8. The number of ether oxygens (including phenoxy) is 1. The Bertz CT molecular complexity index is 689. The maximum absolute atomic E-state index is 11.8. The minimum atomic E-state index is -0.380. The van der Waals surface area contributed by atoms with Gasteiger partial charge in [-0.3, -0.25) is 10.1 Å². The third-order valence-corrected chi connectivity index (χ3v) is 2.97. The summed E-state index contributed by atoms with van der Waals surface area (Å²) in [6, 6.07) is 14.0. The van der Waals surface area contributed by atoms with E-state index in [1.807, 2.05) is 25.1 Å². The maximum Gasteiger partial charge on any atom is 0.264 e. The van der Waals surface area contributed by atoms with E-state index in [2.05, 4.69) is 10.6 Å². The average molecular weight is 316 g/mol. The molecule has 0 saturated carbocycles. The molecule has 0 atom stereocenters. The van der Waals surface area contributed by atoms with Gasteiger partial charge in [-0.15, -0.1) is 0 Å². The van der Waals surface area contributed by atoms with E-state index in [0.717, 1.165) is 5.56 Å². The number of nitrogens with one attached hydrogen (secondary N) is 2. The molecule has 0 fully saturated rings. The number of benzene rings is 2. The summed E-state index contributed by atoms with van der Waals surface area (Å²) in [5.74, 6) is 0.291. The Kier molecular flexibility index (Phi) is 5.32. The van der Waals surface area contributed by atoms with Crippen molar-refractivity contribution in [3.05, 3.63) is 54.1 Å². The van der Waals surface area contributed by atoms with Crippen molar-refractivity contribution in [2.24, 2.45) is 0 Å². The van der Waals surface area contributed by atoms with E-state index in [-0.39, 0.29) is 23.4 Å². The molecule has 114 valence electrons. The van der Waals surface area contributed by atoms with Crippen LogP contribution in [0, 0.1) is 6.92 Å². The fraction of sp³-hybridized carbons (Fsp3) is 0.125. The second kappa shape index (κ2) is 7.42. The number of aromatic hydroxyl groups is 1. The smallest absolute Gasteiger partial charge is 0.264 e. The summed E-state index contributed by atoms with van der Waals surface area (Å²) < 4.78 is 5.37. The molecular formula is C16H16N2O3S. The number of thiocarbonyl (C=S) groups is 1. The lowest BCUT2D eigenvalue weighted by molar-refractivity contribution is -0.121. The van der Waals surface area contributed by atoms with Crippen LogP contribution in [0.3, 0.4) is 0 Å². The Morgan fingerprint density at radius 1 is 1.23 bits per heavy atom. The lowest BCUT2D eigenvalue weighted by Crippen LogP contribution is -2.37. The van der Waals surface area contributed by atoms with E-state index >= 15 is 0 Å². The molecule has 0 bridgehead atoms. The third-order valence-electron chi connectivity index (χ3n) is 2.76. The number of phenolic OH excluding ortho intramolecular Hbond substituents is 1. The van der Waals surface area contributed by atoms with Crippen molar-refractivity contribution in [2.45, 2.75) is 6.92 Å². The lowest BCUT2D eigenvalue weighted by Gasteiger charge is -2.11. The average Bonchev–Trinajstić information content (AvgIpc) is 2.47. The van der Waals surface area contributed by atoms with Crippen molar-refractivity contribution in [2.75, 3.05) is 11.9 Å². The highest BCUT2D eigenvalue weighted by Gasteiger charge is 2.07. The Morgan fingerprint density at radius 2 is 2.00 bits per heavy atom. The molecule has 0 heterocycles. The molecule has 6 heteroatoms. The van der Waals surface area contributed by atoms with Crippen molar-refractivity contribution in [1.82, 2.24) is 5.32 Å². The van der Waals surface area contributed by atoms with Gasteiger partial charge >= 0.3 is 0 Å². The van der Waals surface area contributed by atoms with Crippen molar-refractivity contribution < 1.29 is 14.6 Å². The number of hydrogen-bond acceptors (Lipinski definition) is 4. The van der Waals surface area contributed by atoms with Crippen LogP contribution in [0.1, 0.15) is 5.56 Å². The zero-order chi connectivity index (χ0) is 15.9. The topological polar surface area (TPSA) is 70.6 Å². The first-order chi connectivity index (χ1) is 10.5. The monoisotopic (exact) mass is 316 g/mol. The summed E-state index contributed by atoms with van der Waals surface area (Å²) in [5.41, 5.74) is 1.47. The van der Waals surface area contributed by atoms with Crippen LogP contribution in [0.2, 0.25) is 0 Å². The molecule has 5 nitrogen and oxygen atoms in total. The second-order valence-corrected chi connectivity index (χ2v) is 5.03. The van der Waals surface area contributed by atoms with Gasteiger partial charge in [0.15, 0.2) is 11.7 Å². The zero-order valence-corrected chi connectivity index (χ0v) is 12.8. The van der Waals surface area contributed by atoms with Crippen molar-refractivity contribution in [1.29, 1.82) is 0 Å². The van der Waals surface area contributed by atoms with Crippen molar-refractivity contribution in [3.8, 4) is 11.5 Å². The highest BCUT2D eigenvalue weighted by molar-refractivity contribution is 7.80. The molecule has 22 heavy (non-hydrogen) atoms. The van der Waals surface area contributed by atoms with Crippen molar-refractivity contribution in [3.63, 3.8) is 0 Å². The number of aryl methyl sites for hydroxylation is 1. The van der Waals surface area contributed by atoms with Crippen LogP contribution in [-0.2, 0) is 4.79 Å². The van der Waals surface area contributed by atoms with Gasteiger partial charge in [0.2, 0.25) is 0 Å². The summed E-state index contributed by atoms with van der Waals surface area (Å²) in [6.07, 6.45) is 0. The summed E-state index contributed by atoms with van der Waals surface area (Å²) in [7, 11) is 0. The summed E-state index contributed by atoms with van der Waals surface area (Å²) >= 11 is 5.01. The van der Waals surface area contributed by atoms with Gasteiger partial charge in [0, 0.05) is 0 Å². The molecule has 0 aliphatic rings. The first kappa shape index (κ1) is 15.8. The Labute approximate surface area is 133 Å². The minimum Gasteiger partial charge on any atom is -0.506 e. The summed E-state index contributed by atoms with van der Waals surface area (Å²) in [4.78, 5) is 11.8. The highest BCUT2D eigenvalue weighted by Crippen LogP contribution is 2.21. The molecule has 3 N–H and O–H groups in total. The predicted octanol–water partition coefficient (Wildman–Crippen LogP) is 2.59. The van der Waals surface area contributed by atoms with Crippen LogP contribution in [-0.4, -0.2) is 22.7 Å². The van der Waals surface area contributed by atoms with Crippen LogP contribution in [0.4, 0.5) is 5.69 Å². The first-order valence-electron chi connectivity index (χ1n) is 6.63. The number of phenols is 1. The SMILES string of the molecule is Cc1cccc(OCC(=O)NC(=S)Nc2ccccc2O)c1. The number of carbonyl (C=O) groups is 1. The van der Waals surface area contributed by atoms with Gasteiger partial charge in [-0.05, 0) is 49.0 Å². The molecule has 0 spiro atoms. The number of hydrogen-bond donors (Lipinski definition) is 3. The molecule has 0 radical (unpaired) electrons. The second-order valence-electron chi connectivity index (χ2n) is 4.62. The zero-order valence-electron chi connectivity index (χ0n) is 12.0. The number of para-hydroxylation sites is 2. The number of anilines is 1. The van der Waals surface area contributed by atoms with Crippen LogP contribution in [0.15, 0.2) is 48.5 Å². The number of carbonyl (C=O) groups excluding carboxylic acids is 1. The molecule has 1 amide bonds. The first-order valence-corrected chi connectivity index (χ1v) is 7.04. The van der Waals surface area contributed by atoms with Crippen LogP contribution >= 0.6 is 12.2 Å². The fourth-order valence-corrected chi connectivity index (χ4v) is 1.97. The van der Waals surface area contributed by atoms with Gasteiger partial charge in [0.25, 0.3) is 5.91 Å². The van der Waals surface area contributed by atoms with Crippen LogP contribution in [0.25, 0.3) is 0 Å². The van der Waals surface area contributed by atoms with Gasteiger partial charge < -0.3 is 15.2 Å². The Balaban J connectivity index is 1.82. The molecule has 0 unspecified atom stereocenters. The van der Waals surface area contributed by atoms with E-state index in [9.17, 15) is 9.90 Å². The van der Waals surface area contributed by atoms with Gasteiger partial charge in [0.05, 0.1) is 5.69 Å². The standard InChI is InChI=1S/C16H16N2O3S/c1-11-5-4-6-12(9-11)21-10-15(20)18-16(22)17-13-7-2-3-8-14(13)19/h2-9,19H,10H2,1H3,(H2,17,18,20,22). The van der Waals surface area contributed by atoms with Gasteiger partial charge in [0.1, 0.15) is 11.5 Å². The van der Waals surface area contributed by atoms with Crippen LogP contribution in [0.5, 0.6) is 11.5 Å². The molecule has 2 rings (SSSR count). The molecule has 2 aromatic carbocycles. The number of amides is 1. The van der Waals surface area contributed by atoms with Gasteiger partial charge in [-0.25, -0.2) is 0 Å². The highest BCUT2D eigenvalue weighted by atomic mass is 32.1. The van der Waals surface area contributed by atoms with E-state index in [0.29, 0.717) is 11.4 Å². The Morgan fingerprint density at radius 3 is 2.73 bits per heavy atom. The fourth-order valence-electron chi connectivity index (χ4n) is 1.75. The quantitative estimate of drug-likeness (QED) is 0.597. The molecule has 0 aromatic heterocycles. The minimum absolute atomic E-state index is 0.0510. The van der Waals surface area contributed by atoms with Crippen molar-refractivity contribution >= 4 is 28.9 Å². The molecule has 0 aliphatic carbocycles. The van der Waals surface area contributed by atoms with E-state index in [1.54, 1.807) is 24.3 Å². The van der Waals surface area contributed by atoms with Gasteiger partial charge in [-0.1, -0.05) is 24.3 Å². The van der Waals surface area contributed by atoms with E-state index in [4.69, 9.17) is 17.0 Å². The third kappa shape index (κ3) is 4.75. The molecule has 0 saturated heterocycles. The molecule has 2 aromatic rings. The Hall–Kier alpha value is -2.60. The lowest BCUT2D eigenvalue weighted by atomic mass is 10.2. The van der Waals surface area contributed by atoms with E-state index < -0.39 is 0 Å². The largest absolute Gasteiger partial charge is 0.506 e. The van der Waals surface area contributed by atoms with E-state index in [1.165, 1.54) is 6.07 Å².